The van der Waals surface area contributed by atoms with Crippen molar-refractivity contribution >= 4 is 17.1 Å². The minimum absolute atomic E-state index is 0.342. The molecule has 7 heteroatoms. The Morgan fingerprint density at radius 2 is 1.95 bits per heavy atom. The van der Waals surface area contributed by atoms with E-state index >= 15 is 0 Å². The van der Waals surface area contributed by atoms with Crippen molar-refractivity contribution in [3.63, 3.8) is 0 Å². The van der Waals surface area contributed by atoms with Crippen LogP contribution >= 0.6 is 0 Å². The first-order chi connectivity index (χ1) is 10.2. The van der Waals surface area contributed by atoms with Gasteiger partial charge in [-0.25, -0.2) is 0 Å². The second kappa shape index (κ2) is 6.51. The smallest absolute Gasteiger partial charge is 0.382 e. The Kier molecular flexibility index (Phi) is 4.72. The molecule has 0 fully saturated rings. The molecule has 114 valence electrons. The van der Waals surface area contributed by atoms with E-state index in [1.807, 2.05) is 12.1 Å². The highest BCUT2D eigenvalue weighted by Crippen LogP contribution is 2.07. The number of rotatable bonds is 4. The number of fused-ring (bicyclic) bond motifs is 1. The summed E-state index contributed by atoms with van der Waals surface area (Å²) in [4.78, 5) is 6.91. The van der Waals surface area contributed by atoms with Gasteiger partial charge in [-0.15, -0.1) is 9.83 Å². The van der Waals surface area contributed by atoms with Crippen molar-refractivity contribution in [1.29, 1.82) is 0 Å². The van der Waals surface area contributed by atoms with Gasteiger partial charge < -0.3 is 5.21 Å². The SMILES string of the molecule is CCN(CC)C(n1n[n+]([O-])c2ncccc21)=[N+](CC)CC. The van der Waals surface area contributed by atoms with Crippen molar-refractivity contribution in [3.8, 4) is 0 Å². The second-order valence-corrected chi connectivity index (χ2v) is 4.66. The van der Waals surface area contributed by atoms with Gasteiger partial charge >= 0.3 is 11.6 Å². The number of pyridine rings is 1. The molecule has 0 saturated carbocycles. The highest BCUT2D eigenvalue weighted by molar-refractivity contribution is 5.85. The topological polar surface area (TPSA) is 63.9 Å². The fourth-order valence-corrected chi connectivity index (χ4v) is 2.50. The lowest BCUT2D eigenvalue weighted by Gasteiger charge is -2.19. The summed E-state index contributed by atoms with van der Waals surface area (Å²) in [5.41, 5.74) is 1.07. The molecule has 2 heterocycles. The van der Waals surface area contributed by atoms with Crippen molar-refractivity contribution in [1.82, 2.24) is 19.8 Å². The average Bonchev–Trinajstić information content (AvgIpc) is 2.85. The largest absolute Gasteiger partial charge is 0.721 e. The predicted octanol–water partition coefficient (Wildman–Crippen LogP) is 0.663. The van der Waals surface area contributed by atoms with E-state index < -0.39 is 0 Å². The van der Waals surface area contributed by atoms with Gasteiger partial charge in [0.1, 0.15) is 6.20 Å². The number of hydrogen-bond acceptors (Lipinski definition) is 3. The number of nitrogens with zero attached hydrogens (tertiary/aromatic N) is 6. The van der Waals surface area contributed by atoms with E-state index in [2.05, 4.69) is 47.4 Å². The summed E-state index contributed by atoms with van der Waals surface area (Å²) in [7, 11) is 0. The molecule has 0 aliphatic carbocycles. The molecule has 0 N–H and O–H groups in total. The molecule has 0 radical (unpaired) electrons. The maximum atomic E-state index is 12.0. The molecule has 2 rings (SSSR count). The van der Waals surface area contributed by atoms with Crippen LogP contribution in [-0.2, 0) is 0 Å². The van der Waals surface area contributed by atoms with Crippen LogP contribution in [0, 0.1) is 5.21 Å². The van der Waals surface area contributed by atoms with E-state index in [4.69, 9.17) is 0 Å². The lowest BCUT2D eigenvalue weighted by Crippen LogP contribution is -2.45. The van der Waals surface area contributed by atoms with Gasteiger partial charge in [0, 0.05) is 5.21 Å². The summed E-state index contributed by atoms with van der Waals surface area (Å²) >= 11 is 0. The molecule has 21 heavy (non-hydrogen) atoms. The van der Waals surface area contributed by atoms with E-state index in [-0.39, 0.29) is 0 Å². The zero-order valence-electron chi connectivity index (χ0n) is 13.2. The van der Waals surface area contributed by atoms with Crippen molar-refractivity contribution in [2.75, 3.05) is 26.2 Å². The molecule has 7 nitrogen and oxygen atoms in total. The fourth-order valence-electron chi connectivity index (χ4n) is 2.50. The summed E-state index contributed by atoms with van der Waals surface area (Å²) in [6.07, 6.45) is 1.61. The van der Waals surface area contributed by atoms with Crippen LogP contribution in [0.15, 0.2) is 18.3 Å². The van der Waals surface area contributed by atoms with Gasteiger partial charge in [-0.1, -0.05) is 4.68 Å². The Hall–Kier alpha value is -2.18. The van der Waals surface area contributed by atoms with Gasteiger partial charge in [0.2, 0.25) is 5.52 Å². The molecule has 0 amide bonds. The first-order valence-corrected chi connectivity index (χ1v) is 7.48. The quantitative estimate of drug-likeness (QED) is 0.359. The molecule has 0 unspecified atom stereocenters. The average molecular weight is 291 g/mol. The molecule has 0 aromatic carbocycles. The van der Waals surface area contributed by atoms with E-state index in [0.29, 0.717) is 10.5 Å². The van der Waals surface area contributed by atoms with Gasteiger partial charge in [0.05, 0.1) is 26.2 Å². The lowest BCUT2D eigenvalue weighted by molar-refractivity contribution is -0.648. The zero-order valence-corrected chi connectivity index (χ0v) is 13.2. The van der Waals surface area contributed by atoms with E-state index in [1.54, 1.807) is 10.9 Å². The van der Waals surface area contributed by atoms with Crippen molar-refractivity contribution in [2.24, 2.45) is 0 Å². The third kappa shape index (κ3) is 2.68. The number of aromatic nitrogens is 4. The van der Waals surface area contributed by atoms with Crippen molar-refractivity contribution in [3.05, 3.63) is 23.5 Å². The second-order valence-electron chi connectivity index (χ2n) is 4.66. The third-order valence-corrected chi connectivity index (χ3v) is 3.63. The Morgan fingerprint density at radius 3 is 2.52 bits per heavy atom. The molecular formula is C14H23N6O+. The first kappa shape index (κ1) is 15.2. The highest BCUT2D eigenvalue weighted by atomic mass is 16.5. The molecule has 0 spiro atoms. The molecule has 0 aliphatic rings. The fraction of sp³-hybridized carbons (Fsp3) is 0.571. The molecule has 0 aliphatic heterocycles. The summed E-state index contributed by atoms with van der Waals surface area (Å²) < 4.78 is 3.90. The Labute approximate surface area is 124 Å². The molecule has 2 aromatic rings. The van der Waals surface area contributed by atoms with Gasteiger partial charge in [-0.2, -0.15) is 0 Å². The van der Waals surface area contributed by atoms with E-state index in [0.717, 1.165) is 37.7 Å². The minimum atomic E-state index is 0.342. The molecule has 0 atom stereocenters. The maximum Gasteiger partial charge on any atom is 0.382 e. The van der Waals surface area contributed by atoms with Crippen LogP contribution in [0.4, 0.5) is 0 Å². The molecule has 0 bridgehead atoms. The van der Waals surface area contributed by atoms with Crippen LogP contribution in [-0.4, -0.2) is 56.5 Å². The van der Waals surface area contributed by atoms with Crippen LogP contribution in [0.3, 0.4) is 0 Å². The standard InChI is InChI=1S/C14H23N6O/c1-5-17(6-2)14(18(7-3)8-4)19-12-10-9-11-15-13(12)20(21)16-19/h9-11H,5-8H2,1-4H3/q+1. The van der Waals surface area contributed by atoms with Crippen LogP contribution in [0.25, 0.3) is 11.2 Å². The summed E-state index contributed by atoms with van der Waals surface area (Å²) in [6, 6.07) is 3.69. The minimum Gasteiger partial charge on any atom is -0.721 e. The Balaban J connectivity index is 2.73. The number of hydrogen-bond donors (Lipinski definition) is 0. The van der Waals surface area contributed by atoms with Crippen molar-refractivity contribution in [2.45, 2.75) is 27.7 Å². The van der Waals surface area contributed by atoms with Crippen LogP contribution < -0.4 is 4.85 Å². The third-order valence-electron chi connectivity index (χ3n) is 3.63. The predicted molar refractivity (Wildman–Crippen MR) is 81.2 cm³/mol. The molecule has 0 saturated heterocycles. The molecular weight excluding hydrogens is 268 g/mol. The summed E-state index contributed by atoms with van der Waals surface area (Å²) in [5.74, 6) is 0.928. The van der Waals surface area contributed by atoms with Gasteiger partial charge in [-0.05, 0) is 39.8 Å². The van der Waals surface area contributed by atoms with Crippen LogP contribution in [0.5, 0.6) is 0 Å². The zero-order chi connectivity index (χ0) is 15.4. The maximum absolute atomic E-state index is 12.0. The van der Waals surface area contributed by atoms with E-state index in [1.165, 1.54) is 0 Å². The van der Waals surface area contributed by atoms with Gasteiger partial charge in [-0.3, -0.25) is 9.48 Å². The first-order valence-electron chi connectivity index (χ1n) is 7.48. The Bertz CT molecular complexity index is 638. The van der Waals surface area contributed by atoms with Crippen molar-refractivity contribution < 1.29 is 9.42 Å². The highest BCUT2D eigenvalue weighted by Gasteiger charge is 2.28. The van der Waals surface area contributed by atoms with Gasteiger partial charge in [0.25, 0.3) is 0 Å². The van der Waals surface area contributed by atoms with Crippen LogP contribution in [0.1, 0.15) is 27.7 Å². The summed E-state index contributed by atoms with van der Waals surface area (Å²) in [6.45, 7) is 11.8. The lowest BCUT2D eigenvalue weighted by atomic mass is 10.4. The van der Waals surface area contributed by atoms with E-state index in [9.17, 15) is 5.21 Å². The monoisotopic (exact) mass is 291 g/mol. The Morgan fingerprint density at radius 1 is 1.29 bits per heavy atom. The van der Waals surface area contributed by atoms with Crippen LogP contribution in [0.2, 0.25) is 0 Å². The molecule has 2 aromatic heterocycles. The summed E-state index contributed by atoms with van der Waals surface area (Å²) in [5, 5.41) is 16.1. The van der Waals surface area contributed by atoms with Gasteiger partial charge in [0.15, 0.2) is 0 Å². The normalized spacial score (nSPS) is 10.9.